The van der Waals surface area contributed by atoms with Crippen molar-refractivity contribution in [3.8, 4) is 5.75 Å². The summed E-state index contributed by atoms with van der Waals surface area (Å²) < 4.78 is 44.8. The lowest BCUT2D eigenvalue weighted by atomic mass is 10.1. The van der Waals surface area contributed by atoms with Crippen LogP contribution < -0.4 is 4.74 Å². The van der Waals surface area contributed by atoms with Crippen molar-refractivity contribution < 1.29 is 22.6 Å². The zero-order valence-electron chi connectivity index (χ0n) is 9.40. The number of halogens is 4. The van der Waals surface area contributed by atoms with Gasteiger partial charge in [0.1, 0.15) is 12.4 Å². The predicted octanol–water partition coefficient (Wildman–Crippen LogP) is 3.98. The summed E-state index contributed by atoms with van der Waals surface area (Å²) >= 11 is 3.39. The quantitative estimate of drug-likeness (QED) is 0.783. The van der Waals surface area contributed by atoms with Crippen LogP contribution in [0, 0.1) is 13.8 Å². The molecule has 0 saturated carbocycles. The van der Waals surface area contributed by atoms with E-state index in [2.05, 4.69) is 20.7 Å². The molecule has 1 aromatic rings. The normalized spacial score (nSPS) is 11.6. The first kappa shape index (κ1) is 14.3. The molecule has 0 bridgehead atoms. The fourth-order valence-corrected chi connectivity index (χ4v) is 1.54. The molecular formula is C11H12BrF3O2. The number of hydrogen-bond donors (Lipinski definition) is 0. The van der Waals surface area contributed by atoms with Gasteiger partial charge >= 0.3 is 6.36 Å². The van der Waals surface area contributed by atoms with Crippen LogP contribution in [0.3, 0.4) is 0 Å². The minimum absolute atomic E-state index is 0.139. The number of alkyl halides is 3. The van der Waals surface area contributed by atoms with Gasteiger partial charge in [0.05, 0.1) is 6.61 Å². The van der Waals surface area contributed by atoms with Crippen LogP contribution in [0.5, 0.6) is 5.75 Å². The van der Waals surface area contributed by atoms with E-state index in [4.69, 9.17) is 4.74 Å². The molecule has 0 spiro atoms. The number of ether oxygens (including phenoxy) is 2. The Kier molecular flexibility index (Phi) is 4.82. The lowest BCUT2D eigenvalue weighted by molar-refractivity contribution is -0.325. The van der Waals surface area contributed by atoms with Gasteiger partial charge in [-0.05, 0) is 37.1 Å². The molecule has 0 fully saturated rings. The van der Waals surface area contributed by atoms with Crippen molar-refractivity contribution in [1.82, 2.24) is 0 Å². The average Bonchev–Trinajstić information content (AvgIpc) is 2.19. The summed E-state index contributed by atoms with van der Waals surface area (Å²) in [7, 11) is 0. The molecule has 0 saturated heterocycles. The predicted molar refractivity (Wildman–Crippen MR) is 61.1 cm³/mol. The molecule has 6 heteroatoms. The van der Waals surface area contributed by atoms with Gasteiger partial charge in [-0.25, -0.2) is 0 Å². The largest absolute Gasteiger partial charge is 0.522 e. The second-order valence-electron chi connectivity index (χ2n) is 3.51. The third-order valence-corrected chi connectivity index (χ3v) is 3.28. The topological polar surface area (TPSA) is 18.5 Å². The van der Waals surface area contributed by atoms with Crippen molar-refractivity contribution in [2.75, 3.05) is 13.2 Å². The lowest BCUT2D eigenvalue weighted by Crippen LogP contribution is -2.18. The Morgan fingerprint density at radius 2 is 1.65 bits per heavy atom. The Morgan fingerprint density at radius 3 is 2.12 bits per heavy atom. The third kappa shape index (κ3) is 4.95. The molecule has 1 rings (SSSR count). The Hall–Kier alpha value is -0.750. The van der Waals surface area contributed by atoms with Gasteiger partial charge in [-0.1, -0.05) is 15.9 Å². The van der Waals surface area contributed by atoms with Gasteiger partial charge in [0.25, 0.3) is 0 Å². The minimum Gasteiger partial charge on any atom is -0.491 e. The standard InChI is InChI=1S/C11H12BrF3O2/c1-7-5-9(6-8(2)10(7)12)16-3-4-17-11(13,14)15/h5-6H,3-4H2,1-2H3. The Labute approximate surface area is 106 Å². The molecule has 2 nitrogen and oxygen atoms in total. The lowest BCUT2D eigenvalue weighted by Gasteiger charge is -2.11. The van der Waals surface area contributed by atoms with Crippen LogP contribution in [0.1, 0.15) is 11.1 Å². The summed E-state index contributed by atoms with van der Waals surface area (Å²) in [5.41, 5.74) is 1.94. The summed E-state index contributed by atoms with van der Waals surface area (Å²) in [4.78, 5) is 0. The second kappa shape index (κ2) is 5.73. The fourth-order valence-electron chi connectivity index (χ4n) is 1.31. The Bertz CT molecular complexity index is 368. The maximum absolute atomic E-state index is 11.7. The molecule has 0 aromatic heterocycles. The van der Waals surface area contributed by atoms with Crippen LogP contribution in [0.2, 0.25) is 0 Å². The maximum atomic E-state index is 11.7. The van der Waals surface area contributed by atoms with E-state index < -0.39 is 13.0 Å². The maximum Gasteiger partial charge on any atom is 0.522 e. The highest BCUT2D eigenvalue weighted by molar-refractivity contribution is 9.10. The zero-order chi connectivity index (χ0) is 13.1. The highest BCUT2D eigenvalue weighted by Crippen LogP contribution is 2.26. The minimum atomic E-state index is -4.60. The molecule has 0 aliphatic heterocycles. The summed E-state index contributed by atoms with van der Waals surface area (Å²) in [5, 5.41) is 0. The molecule has 0 unspecified atom stereocenters. The first-order valence-corrected chi connectivity index (χ1v) is 5.69. The number of benzene rings is 1. The SMILES string of the molecule is Cc1cc(OCCOC(F)(F)F)cc(C)c1Br. The molecule has 0 aliphatic carbocycles. The molecule has 17 heavy (non-hydrogen) atoms. The summed E-state index contributed by atoms with van der Waals surface area (Å²) in [6, 6.07) is 3.51. The number of hydrogen-bond acceptors (Lipinski definition) is 2. The van der Waals surface area contributed by atoms with E-state index in [1.165, 1.54) is 0 Å². The first-order chi connectivity index (χ1) is 7.79. The van der Waals surface area contributed by atoms with Crippen molar-refractivity contribution in [2.45, 2.75) is 20.2 Å². The van der Waals surface area contributed by atoms with Gasteiger partial charge in [0, 0.05) is 4.47 Å². The summed E-state index contributed by atoms with van der Waals surface area (Å²) in [6.07, 6.45) is -4.60. The molecular weight excluding hydrogens is 301 g/mol. The van der Waals surface area contributed by atoms with Crippen LogP contribution in [0.4, 0.5) is 13.2 Å². The molecule has 0 radical (unpaired) electrons. The van der Waals surface area contributed by atoms with Gasteiger partial charge in [-0.3, -0.25) is 4.74 Å². The third-order valence-electron chi connectivity index (χ3n) is 2.03. The van der Waals surface area contributed by atoms with Gasteiger partial charge < -0.3 is 4.74 Å². The van der Waals surface area contributed by atoms with Crippen molar-refractivity contribution in [3.05, 3.63) is 27.7 Å². The van der Waals surface area contributed by atoms with E-state index in [-0.39, 0.29) is 6.61 Å². The Morgan fingerprint density at radius 1 is 1.12 bits per heavy atom. The Balaban J connectivity index is 2.48. The number of aryl methyl sites for hydroxylation is 2. The summed E-state index contributed by atoms with van der Waals surface area (Å²) in [5.74, 6) is 0.536. The molecule has 0 amide bonds. The van der Waals surface area contributed by atoms with Gasteiger partial charge in [0.15, 0.2) is 0 Å². The molecule has 0 atom stereocenters. The van der Waals surface area contributed by atoms with Crippen LogP contribution >= 0.6 is 15.9 Å². The van der Waals surface area contributed by atoms with Crippen LogP contribution in [0.15, 0.2) is 16.6 Å². The zero-order valence-corrected chi connectivity index (χ0v) is 11.0. The fraction of sp³-hybridized carbons (Fsp3) is 0.455. The van der Waals surface area contributed by atoms with E-state index in [9.17, 15) is 13.2 Å². The van der Waals surface area contributed by atoms with Crippen LogP contribution in [-0.2, 0) is 4.74 Å². The van der Waals surface area contributed by atoms with E-state index >= 15 is 0 Å². The van der Waals surface area contributed by atoms with Crippen molar-refractivity contribution in [2.24, 2.45) is 0 Å². The van der Waals surface area contributed by atoms with Crippen molar-refractivity contribution in [1.29, 1.82) is 0 Å². The van der Waals surface area contributed by atoms with Crippen LogP contribution in [0.25, 0.3) is 0 Å². The van der Waals surface area contributed by atoms with E-state index in [1.807, 2.05) is 13.8 Å². The summed E-state index contributed by atoms with van der Waals surface area (Å²) in [6.45, 7) is 3.12. The van der Waals surface area contributed by atoms with Gasteiger partial charge in [-0.15, -0.1) is 13.2 Å². The van der Waals surface area contributed by atoms with Crippen molar-refractivity contribution >= 4 is 15.9 Å². The van der Waals surface area contributed by atoms with E-state index in [1.54, 1.807) is 12.1 Å². The van der Waals surface area contributed by atoms with Crippen molar-refractivity contribution in [3.63, 3.8) is 0 Å². The highest BCUT2D eigenvalue weighted by atomic mass is 79.9. The van der Waals surface area contributed by atoms with E-state index in [0.717, 1.165) is 15.6 Å². The molecule has 1 aromatic carbocycles. The van der Waals surface area contributed by atoms with Gasteiger partial charge in [-0.2, -0.15) is 0 Å². The molecule has 96 valence electrons. The van der Waals surface area contributed by atoms with E-state index in [0.29, 0.717) is 5.75 Å². The first-order valence-electron chi connectivity index (χ1n) is 4.90. The van der Waals surface area contributed by atoms with Gasteiger partial charge in [0.2, 0.25) is 0 Å². The average molecular weight is 313 g/mol. The smallest absolute Gasteiger partial charge is 0.491 e. The molecule has 0 heterocycles. The number of rotatable bonds is 4. The molecule has 0 N–H and O–H groups in total. The molecule has 0 aliphatic rings. The highest BCUT2D eigenvalue weighted by Gasteiger charge is 2.28. The second-order valence-corrected chi connectivity index (χ2v) is 4.31. The van der Waals surface area contributed by atoms with Crippen LogP contribution in [-0.4, -0.2) is 19.6 Å². The monoisotopic (exact) mass is 312 g/mol.